The van der Waals surface area contributed by atoms with Crippen LogP contribution in [0.3, 0.4) is 0 Å². The highest BCUT2D eigenvalue weighted by Gasteiger charge is 2.19. The minimum atomic E-state index is 1.03. The molecule has 0 radical (unpaired) electrons. The van der Waals surface area contributed by atoms with Crippen molar-refractivity contribution in [2.75, 3.05) is 84.9 Å². The van der Waals surface area contributed by atoms with E-state index >= 15 is 0 Å². The molecule has 254 valence electrons. The molecule has 0 amide bonds. The third-order valence-corrected chi connectivity index (χ3v) is 11.2. The maximum Gasteiger partial charge on any atom is 0.196 e. The van der Waals surface area contributed by atoms with Crippen LogP contribution < -0.4 is 14.0 Å². The Morgan fingerprint density at radius 2 is 0.875 bits per heavy atom. The number of nitrogens with zero attached hydrogens (tertiary/aromatic N) is 5. The molecular formula is C41H57N5S2+4. The largest absolute Gasteiger partial charge is 0.378 e. The Morgan fingerprint density at radius 1 is 0.521 bits per heavy atom. The molecule has 0 saturated heterocycles. The van der Waals surface area contributed by atoms with Gasteiger partial charge in [0.05, 0.1) is 52.8 Å². The maximum atomic E-state index is 2.36. The van der Waals surface area contributed by atoms with Gasteiger partial charge >= 0.3 is 0 Å². The quantitative estimate of drug-likeness (QED) is 0.0476. The molecule has 4 aromatic rings. The van der Waals surface area contributed by atoms with Crippen molar-refractivity contribution in [1.29, 1.82) is 0 Å². The Hall–Kier alpha value is -3.36. The van der Waals surface area contributed by atoms with Crippen molar-refractivity contribution >= 4 is 51.6 Å². The summed E-state index contributed by atoms with van der Waals surface area (Å²) < 4.78 is 6.68. The van der Waals surface area contributed by atoms with Crippen molar-refractivity contribution in [2.24, 2.45) is 0 Å². The Labute approximate surface area is 298 Å². The lowest BCUT2D eigenvalue weighted by molar-refractivity contribution is -0.907. The summed E-state index contributed by atoms with van der Waals surface area (Å²) in [6, 6.07) is 26.1. The van der Waals surface area contributed by atoms with E-state index in [9.17, 15) is 0 Å². The molecule has 0 aliphatic rings. The molecule has 0 aliphatic carbocycles. The Balaban J connectivity index is 1.08. The number of aromatic nitrogens is 2. The van der Waals surface area contributed by atoms with Crippen LogP contribution in [0.4, 0.5) is 5.69 Å². The average molecular weight is 684 g/mol. The second-order valence-corrected chi connectivity index (χ2v) is 16.9. The van der Waals surface area contributed by atoms with Gasteiger partial charge in [-0.25, -0.2) is 0 Å². The summed E-state index contributed by atoms with van der Waals surface area (Å²) in [5, 5.41) is 0. The number of hydrogen-bond donors (Lipinski definition) is 0. The predicted octanol–water partition coefficient (Wildman–Crippen LogP) is 7.21. The highest BCUT2D eigenvalue weighted by molar-refractivity contribution is 8.76. The molecule has 0 N–H and O–H groups in total. The summed E-state index contributed by atoms with van der Waals surface area (Å²) in [6.45, 7) is 8.78. The Bertz CT molecular complexity index is 1570. The van der Waals surface area contributed by atoms with Gasteiger partial charge in [0.2, 0.25) is 0 Å². The van der Waals surface area contributed by atoms with E-state index in [1.165, 1.54) is 58.1 Å². The van der Waals surface area contributed by atoms with Gasteiger partial charge < -0.3 is 13.9 Å². The van der Waals surface area contributed by atoms with Crippen LogP contribution in [0.25, 0.3) is 24.3 Å². The first-order chi connectivity index (χ1) is 23.0. The van der Waals surface area contributed by atoms with Crippen molar-refractivity contribution in [1.82, 2.24) is 0 Å². The summed E-state index contributed by atoms with van der Waals surface area (Å²) in [5.41, 5.74) is 7.42. The van der Waals surface area contributed by atoms with E-state index in [4.69, 9.17) is 0 Å². The smallest absolute Gasteiger partial charge is 0.196 e. The van der Waals surface area contributed by atoms with Crippen LogP contribution in [-0.2, 0) is 13.1 Å². The maximum absolute atomic E-state index is 2.36. The van der Waals surface area contributed by atoms with E-state index < -0.39 is 0 Å². The van der Waals surface area contributed by atoms with Crippen LogP contribution in [0.15, 0.2) is 97.6 Å². The van der Waals surface area contributed by atoms with Crippen molar-refractivity contribution in [2.45, 2.75) is 20.0 Å². The molecule has 5 nitrogen and oxygen atoms in total. The molecular weight excluding hydrogens is 627 g/mol. The normalized spacial score (nSPS) is 12.3. The fourth-order valence-electron chi connectivity index (χ4n) is 5.09. The number of quaternary nitrogens is 2. The van der Waals surface area contributed by atoms with E-state index in [2.05, 4.69) is 185 Å². The molecule has 0 unspecified atom stereocenters. The zero-order valence-corrected chi connectivity index (χ0v) is 31.9. The molecule has 0 saturated carbocycles. The van der Waals surface area contributed by atoms with Gasteiger partial charge in [0.25, 0.3) is 0 Å². The number of aryl methyl sites for hydroxylation is 1. The van der Waals surface area contributed by atoms with Crippen LogP contribution >= 0.6 is 21.6 Å². The lowest BCUT2D eigenvalue weighted by Crippen LogP contribution is -2.49. The molecule has 0 spiro atoms. The van der Waals surface area contributed by atoms with Gasteiger partial charge in [0.15, 0.2) is 37.9 Å². The van der Waals surface area contributed by atoms with Crippen molar-refractivity contribution in [3.63, 3.8) is 0 Å². The average Bonchev–Trinajstić information content (AvgIpc) is 3.08. The molecule has 7 heteroatoms. The van der Waals surface area contributed by atoms with E-state index in [1.54, 1.807) is 0 Å². The lowest BCUT2D eigenvalue weighted by Gasteiger charge is -2.29. The Kier molecular flexibility index (Phi) is 14.4. The van der Waals surface area contributed by atoms with Crippen molar-refractivity contribution < 1.29 is 18.1 Å². The Morgan fingerprint density at radius 3 is 1.25 bits per heavy atom. The summed E-state index contributed by atoms with van der Waals surface area (Å²) in [6.07, 6.45) is 17.6. The zero-order valence-electron chi connectivity index (χ0n) is 30.3. The predicted molar refractivity (Wildman–Crippen MR) is 212 cm³/mol. The van der Waals surface area contributed by atoms with Gasteiger partial charge in [-0.1, -0.05) is 87.9 Å². The fraction of sp³-hybridized carbons (Fsp3) is 0.366. The zero-order chi connectivity index (χ0) is 34.4. The van der Waals surface area contributed by atoms with Crippen LogP contribution in [-0.4, -0.2) is 88.9 Å². The minimum Gasteiger partial charge on any atom is -0.378 e. The highest BCUT2D eigenvalue weighted by Crippen LogP contribution is 2.22. The van der Waals surface area contributed by atoms with Crippen LogP contribution in [0.2, 0.25) is 0 Å². The SMILES string of the molecule is Cc1ccc(C=Cc2cc[n+](CC[N+](C)(C)CCSSCC[N+](C)(C)CC[n+]3ccc(C=Cc4ccc(N(C)C)cc4)cc3)cc2)cc1. The number of hydrogen-bond acceptors (Lipinski definition) is 3. The number of benzene rings is 2. The number of pyridine rings is 2. The first-order valence-corrected chi connectivity index (χ1v) is 19.5. The third-order valence-electron chi connectivity index (χ3n) is 8.83. The van der Waals surface area contributed by atoms with E-state index in [0.717, 1.165) is 35.1 Å². The standard InChI is InChI=1S/C41H57N5S2/c1-36-8-10-37(11-9-36)12-14-39-20-24-43(25-21-39)28-30-45(4,5)32-34-47-48-35-33-46(6,7)31-29-44-26-22-40(23-27-44)15-13-38-16-18-41(19-17-38)42(2)3/h8-27H,28-35H2,1-7H3/q+4. The second kappa shape index (κ2) is 18.4. The van der Waals surface area contributed by atoms with Gasteiger partial charge in [-0.3, -0.25) is 0 Å². The lowest BCUT2D eigenvalue weighted by atomic mass is 10.1. The fourth-order valence-corrected chi connectivity index (χ4v) is 7.61. The molecule has 0 bridgehead atoms. The third kappa shape index (κ3) is 13.6. The van der Waals surface area contributed by atoms with Gasteiger partial charge in [-0.2, -0.15) is 9.13 Å². The molecule has 2 aromatic carbocycles. The second-order valence-electron chi connectivity index (χ2n) is 14.2. The number of likely N-dealkylation sites (N-methyl/N-ethyl adjacent to an activating group) is 2. The first-order valence-electron chi connectivity index (χ1n) is 17.0. The monoisotopic (exact) mass is 683 g/mol. The van der Waals surface area contributed by atoms with Crippen LogP contribution in [0, 0.1) is 6.92 Å². The van der Waals surface area contributed by atoms with Gasteiger partial charge in [-0.05, 0) is 41.3 Å². The van der Waals surface area contributed by atoms with Crippen LogP contribution in [0.5, 0.6) is 0 Å². The van der Waals surface area contributed by atoms with Crippen molar-refractivity contribution in [3.05, 3.63) is 125 Å². The summed E-state index contributed by atoms with van der Waals surface area (Å²) >= 11 is 0. The van der Waals surface area contributed by atoms with Gasteiger partial charge in [0, 0.05) is 44.0 Å². The molecule has 2 aromatic heterocycles. The molecule has 0 fully saturated rings. The van der Waals surface area contributed by atoms with Crippen molar-refractivity contribution in [3.8, 4) is 0 Å². The molecule has 2 heterocycles. The number of rotatable bonds is 18. The highest BCUT2D eigenvalue weighted by atomic mass is 33.1. The van der Waals surface area contributed by atoms with E-state index in [-0.39, 0.29) is 0 Å². The molecule has 0 atom stereocenters. The van der Waals surface area contributed by atoms with E-state index in [0.29, 0.717) is 0 Å². The van der Waals surface area contributed by atoms with E-state index in [1.807, 2.05) is 21.6 Å². The molecule has 4 rings (SSSR count). The summed E-state index contributed by atoms with van der Waals surface area (Å²) in [5.74, 6) is 2.35. The first kappa shape index (κ1) is 37.5. The van der Waals surface area contributed by atoms with Gasteiger partial charge in [0.1, 0.15) is 13.1 Å². The summed E-state index contributed by atoms with van der Waals surface area (Å²) in [4.78, 5) is 2.12. The minimum absolute atomic E-state index is 1.03. The number of anilines is 1. The topological polar surface area (TPSA) is 11.0 Å². The van der Waals surface area contributed by atoms with Gasteiger partial charge in [-0.15, -0.1) is 0 Å². The molecule has 0 aliphatic heterocycles. The molecule has 48 heavy (non-hydrogen) atoms. The van der Waals surface area contributed by atoms with Crippen LogP contribution in [0.1, 0.15) is 27.8 Å². The summed E-state index contributed by atoms with van der Waals surface area (Å²) in [7, 11) is 17.6.